The summed E-state index contributed by atoms with van der Waals surface area (Å²) in [5.74, 6) is 0.130. The van der Waals surface area contributed by atoms with E-state index in [1.165, 1.54) is 12.1 Å². The summed E-state index contributed by atoms with van der Waals surface area (Å²) in [4.78, 5) is 12.5. The number of hydrogen-bond acceptors (Lipinski definition) is 5. The molecule has 0 heterocycles. The first-order valence-corrected chi connectivity index (χ1v) is 7.40. The Morgan fingerprint density at radius 2 is 1.92 bits per heavy atom. The maximum Gasteiger partial charge on any atom is 0.295 e. The highest BCUT2D eigenvalue weighted by atomic mass is 19.1. The van der Waals surface area contributed by atoms with Crippen LogP contribution in [-0.4, -0.2) is 37.6 Å². The van der Waals surface area contributed by atoms with Crippen LogP contribution in [-0.2, 0) is 0 Å². The number of nitrogens with one attached hydrogen (secondary N) is 1. The highest BCUT2D eigenvalue weighted by Crippen LogP contribution is 2.27. The summed E-state index contributed by atoms with van der Waals surface area (Å²) < 4.78 is 18.4. The summed E-state index contributed by atoms with van der Waals surface area (Å²) >= 11 is 0. The number of halogens is 1. The van der Waals surface area contributed by atoms with Crippen LogP contribution in [0.4, 0.5) is 15.8 Å². The van der Waals surface area contributed by atoms with Gasteiger partial charge in [0.2, 0.25) is 0 Å². The van der Waals surface area contributed by atoms with Gasteiger partial charge in [-0.25, -0.2) is 4.39 Å². The number of ether oxygens (including phenoxy) is 1. The van der Waals surface area contributed by atoms with E-state index in [0.717, 1.165) is 17.4 Å². The number of rotatable bonds is 7. The van der Waals surface area contributed by atoms with Gasteiger partial charge in [0, 0.05) is 6.54 Å². The molecule has 0 saturated carbocycles. The number of likely N-dealkylation sites (N-methyl/N-ethyl adjacent to an activating group) is 1. The van der Waals surface area contributed by atoms with E-state index in [9.17, 15) is 14.5 Å². The molecule has 6 nitrogen and oxygen atoms in total. The van der Waals surface area contributed by atoms with Crippen molar-refractivity contribution in [1.29, 1.82) is 0 Å². The van der Waals surface area contributed by atoms with Crippen molar-refractivity contribution in [1.82, 2.24) is 4.90 Å². The Bertz CT molecular complexity index is 705. The van der Waals surface area contributed by atoms with Gasteiger partial charge in [0.1, 0.15) is 17.3 Å². The van der Waals surface area contributed by atoms with E-state index < -0.39 is 10.7 Å². The minimum Gasteiger partial charge on any atom is -0.497 e. The Morgan fingerprint density at radius 3 is 2.46 bits per heavy atom. The number of nitro benzene ring substituents is 1. The molecule has 0 radical (unpaired) electrons. The van der Waals surface area contributed by atoms with E-state index >= 15 is 0 Å². The summed E-state index contributed by atoms with van der Waals surface area (Å²) in [6, 6.07) is 11.1. The molecule has 0 saturated heterocycles. The minimum absolute atomic E-state index is 0.0134. The highest BCUT2D eigenvalue weighted by molar-refractivity contribution is 5.61. The van der Waals surface area contributed by atoms with E-state index in [1.807, 2.05) is 43.3 Å². The fourth-order valence-corrected chi connectivity index (χ4v) is 2.44. The molecule has 7 heteroatoms. The van der Waals surface area contributed by atoms with Crippen LogP contribution in [0.25, 0.3) is 0 Å². The molecule has 2 aromatic carbocycles. The highest BCUT2D eigenvalue weighted by Gasteiger charge is 2.18. The third-order valence-electron chi connectivity index (χ3n) is 3.77. The molecule has 0 spiro atoms. The molecular weight excluding hydrogens is 313 g/mol. The van der Waals surface area contributed by atoms with Crippen LogP contribution in [0.5, 0.6) is 5.75 Å². The van der Waals surface area contributed by atoms with Crippen molar-refractivity contribution in [2.75, 3.05) is 33.1 Å². The van der Waals surface area contributed by atoms with Crippen molar-refractivity contribution in [2.45, 2.75) is 6.04 Å². The van der Waals surface area contributed by atoms with Crippen molar-refractivity contribution >= 4 is 11.4 Å². The van der Waals surface area contributed by atoms with Crippen LogP contribution in [0.3, 0.4) is 0 Å². The molecule has 0 aromatic heterocycles. The third-order valence-corrected chi connectivity index (χ3v) is 3.77. The van der Waals surface area contributed by atoms with Gasteiger partial charge in [-0.3, -0.25) is 10.1 Å². The summed E-state index contributed by atoms with van der Waals surface area (Å²) in [7, 11) is 5.46. The number of anilines is 1. The van der Waals surface area contributed by atoms with Gasteiger partial charge in [-0.1, -0.05) is 12.1 Å². The van der Waals surface area contributed by atoms with Gasteiger partial charge in [-0.2, -0.15) is 0 Å². The van der Waals surface area contributed by atoms with Crippen molar-refractivity contribution in [3.63, 3.8) is 0 Å². The molecule has 128 valence electrons. The van der Waals surface area contributed by atoms with Crippen LogP contribution in [0, 0.1) is 15.9 Å². The number of benzene rings is 2. The second-order valence-corrected chi connectivity index (χ2v) is 5.55. The Balaban J connectivity index is 2.19. The van der Waals surface area contributed by atoms with Crippen molar-refractivity contribution in [2.24, 2.45) is 0 Å². The van der Waals surface area contributed by atoms with E-state index in [-0.39, 0.29) is 11.7 Å². The first-order chi connectivity index (χ1) is 11.4. The summed E-state index contributed by atoms with van der Waals surface area (Å²) in [5.41, 5.74) is 1.06. The van der Waals surface area contributed by atoms with Gasteiger partial charge in [-0.15, -0.1) is 0 Å². The molecule has 2 rings (SSSR count). The van der Waals surface area contributed by atoms with Crippen molar-refractivity contribution < 1.29 is 14.1 Å². The lowest BCUT2D eigenvalue weighted by Gasteiger charge is -2.25. The van der Waals surface area contributed by atoms with Gasteiger partial charge in [0.05, 0.1) is 24.1 Å². The molecule has 1 unspecified atom stereocenters. The maximum absolute atomic E-state index is 13.2. The zero-order valence-corrected chi connectivity index (χ0v) is 13.8. The lowest BCUT2D eigenvalue weighted by atomic mass is 10.1. The molecule has 0 aliphatic carbocycles. The van der Waals surface area contributed by atoms with Gasteiger partial charge >= 0.3 is 0 Å². The quantitative estimate of drug-likeness (QED) is 0.621. The molecule has 2 aromatic rings. The zero-order chi connectivity index (χ0) is 17.7. The number of nitro groups is 1. The van der Waals surface area contributed by atoms with E-state index in [2.05, 4.69) is 5.32 Å². The van der Waals surface area contributed by atoms with E-state index in [0.29, 0.717) is 12.2 Å². The Labute approximate surface area is 140 Å². The number of methoxy groups -OCH3 is 1. The predicted molar refractivity (Wildman–Crippen MR) is 91.0 cm³/mol. The molecule has 1 atom stereocenters. The Hall–Kier alpha value is -2.67. The van der Waals surface area contributed by atoms with Crippen LogP contribution in [0.2, 0.25) is 0 Å². The lowest BCUT2D eigenvalue weighted by Crippen LogP contribution is -2.27. The van der Waals surface area contributed by atoms with Crippen molar-refractivity contribution in [3.05, 3.63) is 64.0 Å². The third kappa shape index (κ3) is 4.20. The monoisotopic (exact) mass is 333 g/mol. The second-order valence-electron chi connectivity index (χ2n) is 5.55. The molecule has 0 aliphatic heterocycles. The minimum atomic E-state index is -0.633. The molecule has 0 aliphatic rings. The fraction of sp³-hybridized carbons (Fsp3) is 0.294. The standard InChI is InChI=1S/C17H20FN3O3/c1-20(2)17(12-4-7-14(24-3)8-5-12)11-19-15-9-6-13(18)10-16(15)21(22)23/h4-10,17,19H,11H2,1-3H3. The van der Waals surface area contributed by atoms with Crippen LogP contribution in [0.1, 0.15) is 11.6 Å². The number of hydrogen-bond donors (Lipinski definition) is 1. The van der Waals surface area contributed by atoms with Gasteiger partial charge < -0.3 is 15.0 Å². The molecule has 1 N–H and O–H groups in total. The maximum atomic E-state index is 13.2. The van der Waals surface area contributed by atoms with Gasteiger partial charge in [0.15, 0.2) is 0 Å². The first kappa shape index (κ1) is 17.7. The first-order valence-electron chi connectivity index (χ1n) is 7.40. The fourth-order valence-electron chi connectivity index (χ4n) is 2.44. The predicted octanol–water partition coefficient (Wildman–Crippen LogP) is 3.46. The summed E-state index contributed by atoms with van der Waals surface area (Å²) in [6.45, 7) is 0.436. The second kappa shape index (κ2) is 7.74. The van der Waals surface area contributed by atoms with E-state index in [1.54, 1.807) is 7.11 Å². The molecule has 0 amide bonds. The topological polar surface area (TPSA) is 67.6 Å². The lowest BCUT2D eigenvalue weighted by molar-refractivity contribution is -0.384. The van der Waals surface area contributed by atoms with Gasteiger partial charge in [-0.05, 0) is 43.9 Å². The average molecular weight is 333 g/mol. The zero-order valence-electron chi connectivity index (χ0n) is 13.8. The molecule has 0 fully saturated rings. The van der Waals surface area contributed by atoms with Crippen molar-refractivity contribution in [3.8, 4) is 5.75 Å². The Kier molecular flexibility index (Phi) is 5.70. The summed E-state index contributed by atoms with van der Waals surface area (Å²) in [6.07, 6.45) is 0. The largest absolute Gasteiger partial charge is 0.497 e. The average Bonchev–Trinajstić information content (AvgIpc) is 2.56. The van der Waals surface area contributed by atoms with Gasteiger partial charge in [0.25, 0.3) is 5.69 Å². The SMILES string of the molecule is COc1ccc(C(CNc2ccc(F)cc2[N+](=O)[O-])N(C)C)cc1. The van der Waals surface area contributed by atoms with E-state index in [4.69, 9.17) is 4.74 Å². The van der Waals surface area contributed by atoms with Crippen LogP contribution >= 0.6 is 0 Å². The molecule has 24 heavy (non-hydrogen) atoms. The smallest absolute Gasteiger partial charge is 0.295 e. The number of nitrogens with zero attached hydrogens (tertiary/aromatic N) is 2. The van der Waals surface area contributed by atoms with Crippen LogP contribution < -0.4 is 10.1 Å². The Morgan fingerprint density at radius 1 is 1.25 bits per heavy atom. The normalized spacial score (nSPS) is 12.0. The van der Waals surface area contributed by atoms with Crippen LogP contribution in [0.15, 0.2) is 42.5 Å². The summed E-state index contributed by atoms with van der Waals surface area (Å²) in [5, 5.41) is 14.1. The molecular formula is C17H20FN3O3. The molecule has 0 bridgehead atoms.